The Morgan fingerprint density at radius 1 is 1.44 bits per heavy atom. The highest BCUT2D eigenvalue weighted by Gasteiger charge is 2.11. The van der Waals surface area contributed by atoms with Crippen LogP contribution in [0.3, 0.4) is 0 Å². The van der Waals surface area contributed by atoms with E-state index in [1.807, 2.05) is 39.2 Å². The molecule has 5 nitrogen and oxygen atoms in total. The van der Waals surface area contributed by atoms with Crippen LogP contribution in [0.1, 0.15) is 19.4 Å². The van der Waals surface area contributed by atoms with Gasteiger partial charge in [0.2, 0.25) is 5.88 Å². The van der Waals surface area contributed by atoms with Crippen molar-refractivity contribution >= 4 is 5.96 Å². The molecular formula is C13H20N4O. The fourth-order valence-electron chi connectivity index (χ4n) is 1.73. The topological polar surface area (TPSA) is 49.8 Å². The number of aromatic nitrogens is 1. The summed E-state index contributed by atoms with van der Waals surface area (Å²) in [4.78, 5) is 10.8. The van der Waals surface area contributed by atoms with Crippen molar-refractivity contribution in [3.05, 3.63) is 23.9 Å². The minimum Gasteiger partial charge on any atom is -0.475 e. The molecule has 1 aliphatic rings. The Morgan fingerprint density at radius 3 is 2.83 bits per heavy atom. The van der Waals surface area contributed by atoms with Gasteiger partial charge >= 0.3 is 0 Å². The van der Waals surface area contributed by atoms with Crippen molar-refractivity contribution in [3.8, 4) is 5.88 Å². The van der Waals surface area contributed by atoms with Crippen LogP contribution in [-0.4, -0.2) is 42.1 Å². The average molecular weight is 248 g/mol. The van der Waals surface area contributed by atoms with Crippen molar-refractivity contribution in [2.24, 2.45) is 4.99 Å². The number of nitrogens with zero attached hydrogens (tertiary/aromatic N) is 3. The summed E-state index contributed by atoms with van der Waals surface area (Å²) in [5, 5.41) is 3.30. The first kappa shape index (κ1) is 12.7. The highest BCUT2D eigenvalue weighted by atomic mass is 16.5. The lowest BCUT2D eigenvalue weighted by Gasteiger charge is -2.15. The van der Waals surface area contributed by atoms with E-state index >= 15 is 0 Å². The molecule has 0 atom stereocenters. The van der Waals surface area contributed by atoms with Gasteiger partial charge in [-0.3, -0.25) is 4.99 Å². The Balaban J connectivity index is 1.86. The lowest BCUT2D eigenvalue weighted by atomic mass is 10.3. The van der Waals surface area contributed by atoms with Crippen molar-refractivity contribution in [1.29, 1.82) is 0 Å². The highest BCUT2D eigenvalue weighted by molar-refractivity contribution is 5.81. The quantitative estimate of drug-likeness (QED) is 0.871. The Hall–Kier alpha value is -1.78. The predicted molar refractivity (Wildman–Crippen MR) is 71.8 cm³/mol. The van der Waals surface area contributed by atoms with E-state index in [4.69, 9.17) is 4.74 Å². The molecule has 2 heterocycles. The molecule has 1 aliphatic heterocycles. The number of rotatable bonds is 4. The summed E-state index contributed by atoms with van der Waals surface area (Å²) in [7, 11) is 2.04. The van der Waals surface area contributed by atoms with Crippen LogP contribution >= 0.6 is 0 Å². The zero-order chi connectivity index (χ0) is 13.0. The van der Waals surface area contributed by atoms with Crippen LogP contribution in [0.15, 0.2) is 23.3 Å². The molecule has 0 radical (unpaired) electrons. The van der Waals surface area contributed by atoms with Crippen LogP contribution in [0.25, 0.3) is 0 Å². The molecule has 0 saturated carbocycles. The number of aliphatic imine (C=N–C) groups is 1. The van der Waals surface area contributed by atoms with Crippen molar-refractivity contribution in [2.75, 3.05) is 20.1 Å². The molecule has 0 unspecified atom stereocenters. The first-order valence-electron chi connectivity index (χ1n) is 6.26. The molecule has 0 aromatic carbocycles. The number of hydrogen-bond donors (Lipinski definition) is 1. The molecule has 0 bridgehead atoms. The van der Waals surface area contributed by atoms with Gasteiger partial charge in [0.25, 0.3) is 0 Å². The van der Waals surface area contributed by atoms with E-state index in [1.165, 1.54) is 0 Å². The lowest BCUT2D eigenvalue weighted by molar-refractivity contribution is 0.232. The molecule has 0 saturated heterocycles. The maximum absolute atomic E-state index is 5.50. The molecular weight excluding hydrogens is 228 g/mol. The Labute approximate surface area is 108 Å². The van der Waals surface area contributed by atoms with Gasteiger partial charge in [-0.2, -0.15) is 0 Å². The summed E-state index contributed by atoms with van der Waals surface area (Å²) in [5.41, 5.74) is 1.12. The number of ether oxygens (including phenoxy) is 1. The second-order valence-corrected chi connectivity index (χ2v) is 4.65. The second-order valence-electron chi connectivity index (χ2n) is 4.65. The van der Waals surface area contributed by atoms with Crippen LogP contribution in [0, 0.1) is 0 Å². The fraction of sp³-hybridized carbons (Fsp3) is 0.538. The van der Waals surface area contributed by atoms with Gasteiger partial charge in [0, 0.05) is 32.4 Å². The van der Waals surface area contributed by atoms with E-state index in [1.54, 1.807) is 0 Å². The zero-order valence-corrected chi connectivity index (χ0v) is 11.2. The maximum Gasteiger partial charge on any atom is 0.213 e. The number of guanidine groups is 1. The molecule has 1 aromatic rings. The van der Waals surface area contributed by atoms with Gasteiger partial charge in [-0.05, 0) is 19.4 Å². The van der Waals surface area contributed by atoms with Gasteiger partial charge < -0.3 is 15.0 Å². The molecule has 0 spiro atoms. The van der Waals surface area contributed by atoms with Crippen molar-refractivity contribution < 1.29 is 4.74 Å². The fourth-order valence-corrected chi connectivity index (χ4v) is 1.73. The predicted octanol–water partition coefficient (Wildman–Crippen LogP) is 1.26. The molecule has 0 aliphatic carbocycles. The highest BCUT2D eigenvalue weighted by Crippen LogP contribution is 2.09. The number of hydrogen-bond acceptors (Lipinski definition) is 5. The third-order valence-electron chi connectivity index (χ3n) is 2.66. The summed E-state index contributed by atoms with van der Waals surface area (Å²) in [6, 6.07) is 3.92. The summed E-state index contributed by atoms with van der Waals surface area (Å²) in [6.45, 7) is 6.58. The number of likely N-dealkylation sites (N-methyl/N-ethyl adjacent to an activating group) is 1. The van der Waals surface area contributed by atoms with E-state index in [0.29, 0.717) is 5.88 Å². The minimum absolute atomic E-state index is 0.156. The SMILES string of the molecule is CC(C)Oc1ccc(CNC2=NCCN2C)cn1. The average Bonchev–Trinajstić information content (AvgIpc) is 2.73. The van der Waals surface area contributed by atoms with E-state index in [9.17, 15) is 0 Å². The van der Waals surface area contributed by atoms with Crippen LogP contribution in [0.4, 0.5) is 0 Å². The molecule has 1 aromatic heterocycles. The van der Waals surface area contributed by atoms with Gasteiger partial charge in [0.05, 0.1) is 12.6 Å². The van der Waals surface area contributed by atoms with E-state index in [0.717, 1.165) is 31.2 Å². The van der Waals surface area contributed by atoms with E-state index < -0.39 is 0 Å². The molecule has 5 heteroatoms. The van der Waals surface area contributed by atoms with Gasteiger partial charge in [-0.1, -0.05) is 6.07 Å². The van der Waals surface area contributed by atoms with Crippen LogP contribution in [-0.2, 0) is 6.54 Å². The molecule has 0 fully saturated rings. The first-order valence-corrected chi connectivity index (χ1v) is 6.26. The Kier molecular flexibility index (Phi) is 4.02. The number of nitrogens with one attached hydrogen (secondary N) is 1. The first-order chi connectivity index (χ1) is 8.65. The minimum atomic E-state index is 0.156. The standard InChI is InChI=1S/C13H20N4O/c1-10(2)18-12-5-4-11(8-15-12)9-16-13-14-6-7-17(13)3/h4-5,8,10H,6-7,9H2,1-3H3,(H,14,16). The van der Waals surface area contributed by atoms with Crippen LogP contribution in [0.5, 0.6) is 5.88 Å². The van der Waals surface area contributed by atoms with Gasteiger partial charge in [-0.25, -0.2) is 4.98 Å². The monoisotopic (exact) mass is 248 g/mol. The van der Waals surface area contributed by atoms with E-state index in [2.05, 4.69) is 20.2 Å². The van der Waals surface area contributed by atoms with Crippen LogP contribution in [0.2, 0.25) is 0 Å². The van der Waals surface area contributed by atoms with Crippen molar-refractivity contribution in [2.45, 2.75) is 26.5 Å². The van der Waals surface area contributed by atoms with Crippen LogP contribution < -0.4 is 10.1 Å². The smallest absolute Gasteiger partial charge is 0.213 e. The lowest BCUT2D eigenvalue weighted by Crippen LogP contribution is -2.35. The Bertz CT molecular complexity index is 414. The molecule has 18 heavy (non-hydrogen) atoms. The molecule has 2 rings (SSSR count). The van der Waals surface area contributed by atoms with Gasteiger partial charge in [-0.15, -0.1) is 0 Å². The summed E-state index contributed by atoms with van der Waals surface area (Å²) in [5.74, 6) is 1.63. The normalized spacial score (nSPS) is 14.9. The number of pyridine rings is 1. The van der Waals surface area contributed by atoms with E-state index in [-0.39, 0.29) is 6.10 Å². The summed E-state index contributed by atoms with van der Waals surface area (Å²) >= 11 is 0. The second kappa shape index (κ2) is 5.71. The molecule has 98 valence electrons. The van der Waals surface area contributed by atoms with Crippen molar-refractivity contribution in [1.82, 2.24) is 15.2 Å². The third kappa shape index (κ3) is 3.35. The molecule has 1 N–H and O–H groups in total. The van der Waals surface area contributed by atoms with Gasteiger partial charge in [0.15, 0.2) is 5.96 Å². The molecule has 0 amide bonds. The summed E-state index contributed by atoms with van der Waals surface area (Å²) < 4.78 is 5.50. The zero-order valence-electron chi connectivity index (χ0n) is 11.2. The third-order valence-corrected chi connectivity index (χ3v) is 2.66. The Morgan fingerprint density at radius 2 is 2.28 bits per heavy atom. The largest absolute Gasteiger partial charge is 0.475 e. The van der Waals surface area contributed by atoms with Crippen molar-refractivity contribution in [3.63, 3.8) is 0 Å². The summed E-state index contributed by atoms with van der Waals surface area (Å²) in [6.07, 6.45) is 1.99. The van der Waals surface area contributed by atoms with Gasteiger partial charge in [0.1, 0.15) is 0 Å². The maximum atomic E-state index is 5.50.